The monoisotopic (exact) mass is 478 g/mol. The van der Waals surface area contributed by atoms with Crippen LogP contribution in [0, 0.1) is 12.7 Å². The number of fused-ring (bicyclic) bond motifs is 1. The van der Waals surface area contributed by atoms with Crippen molar-refractivity contribution in [2.45, 2.75) is 32.4 Å². The van der Waals surface area contributed by atoms with E-state index < -0.39 is 11.8 Å². The Kier molecular flexibility index (Phi) is 5.80. The van der Waals surface area contributed by atoms with Crippen molar-refractivity contribution in [3.8, 4) is 10.7 Å². The summed E-state index contributed by atoms with van der Waals surface area (Å²) in [6.45, 7) is 1.86. The summed E-state index contributed by atoms with van der Waals surface area (Å²) in [6.07, 6.45) is 2.79. The molecule has 34 heavy (non-hydrogen) atoms. The lowest BCUT2D eigenvalue weighted by atomic mass is 10.1. The maximum Gasteiger partial charge on any atom is 0.270 e. The Morgan fingerprint density at radius 1 is 1.18 bits per heavy atom. The van der Waals surface area contributed by atoms with Crippen LogP contribution in [0.3, 0.4) is 0 Å². The van der Waals surface area contributed by atoms with Gasteiger partial charge in [0.15, 0.2) is 0 Å². The number of tetrazole rings is 1. The zero-order valence-corrected chi connectivity index (χ0v) is 18.8. The number of nitrogens with one attached hydrogen (secondary N) is 3. The molecular formula is C22H19FN8O2S. The zero-order chi connectivity index (χ0) is 23.7. The van der Waals surface area contributed by atoms with Gasteiger partial charge in [-0.25, -0.2) is 14.4 Å². The predicted molar refractivity (Wildman–Crippen MR) is 120 cm³/mol. The molecule has 172 valence electrons. The second-order valence-electron chi connectivity index (χ2n) is 7.85. The van der Waals surface area contributed by atoms with Gasteiger partial charge >= 0.3 is 0 Å². The smallest absolute Gasteiger partial charge is 0.270 e. The van der Waals surface area contributed by atoms with Crippen molar-refractivity contribution in [1.29, 1.82) is 0 Å². The Morgan fingerprint density at radius 2 is 2.00 bits per heavy atom. The number of amides is 2. The van der Waals surface area contributed by atoms with Gasteiger partial charge in [0.05, 0.1) is 10.9 Å². The topological polar surface area (TPSA) is 138 Å². The average molecular weight is 479 g/mol. The first-order chi connectivity index (χ1) is 16.5. The molecule has 12 heteroatoms. The quantitative estimate of drug-likeness (QED) is 0.387. The maximum absolute atomic E-state index is 13.4. The number of aromatic amines is 1. The first kappa shape index (κ1) is 21.8. The molecule has 2 amide bonds. The number of aryl methyl sites for hydroxylation is 2. The Hall–Kier alpha value is -4.06. The third-order valence-corrected chi connectivity index (χ3v) is 6.83. The fraction of sp³-hybridized carbons (Fsp3) is 0.227. The first-order valence-corrected chi connectivity index (χ1v) is 11.3. The van der Waals surface area contributed by atoms with Crippen LogP contribution in [0.2, 0.25) is 0 Å². The molecule has 1 unspecified atom stereocenters. The van der Waals surface area contributed by atoms with Gasteiger partial charge < -0.3 is 10.6 Å². The molecule has 0 aliphatic heterocycles. The molecule has 0 saturated heterocycles. The number of thiophene rings is 1. The van der Waals surface area contributed by atoms with Crippen molar-refractivity contribution in [3.63, 3.8) is 0 Å². The van der Waals surface area contributed by atoms with E-state index in [9.17, 15) is 14.0 Å². The summed E-state index contributed by atoms with van der Waals surface area (Å²) in [7, 11) is 0. The molecule has 0 fully saturated rings. The van der Waals surface area contributed by atoms with E-state index in [1.54, 1.807) is 19.1 Å². The van der Waals surface area contributed by atoms with Crippen molar-refractivity contribution in [2.24, 2.45) is 0 Å². The van der Waals surface area contributed by atoms with Crippen LogP contribution >= 0.6 is 11.3 Å². The van der Waals surface area contributed by atoms with Gasteiger partial charge in [-0.2, -0.15) is 5.21 Å². The van der Waals surface area contributed by atoms with Crippen molar-refractivity contribution >= 4 is 23.2 Å². The third kappa shape index (κ3) is 4.39. The molecule has 1 aromatic carbocycles. The first-order valence-electron chi connectivity index (χ1n) is 10.5. The van der Waals surface area contributed by atoms with Crippen LogP contribution in [0.4, 0.5) is 4.39 Å². The molecular weight excluding hydrogens is 459 g/mol. The van der Waals surface area contributed by atoms with Gasteiger partial charge in [-0.05, 0) is 53.8 Å². The van der Waals surface area contributed by atoms with Crippen LogP contribution in [-0.2, 0) is 13.0 Å². The van der Waals surface area contributed by atoms with E-state index >= 15 is 0 Å². The highest BCUT2D eigenvalue weighted by molar-refractivity contribution is 7.15. The van der Waals surface area contributed by atoms with Gasteiger partial charge in [0.2, 0.25) is 5.82 Å². The summed E-state index contributed by atoms with van der Waals surface area (Å²) in [6, 6.07) is 7.84. The van der Waals surface area contributed by atoms with Crippen LogP contribution in [0.1, 0.15) is 55.0 Å². The highest BCUT2D eigenvalue weighted by Crippen LogP contribution is 2.40. The number of hydrogen-bond acceptors (Lipinski definition) is 8. The number of nitrogens with zero attached hydrogens (tertiary/aromatic N) is 5. The number of H-pyrrole nitrogens is 1. The van der Waals surface area contributed by atoms with Gasteiger partial charge in [-0.15, -0.1) is 21.5 Å². The molecule has 1 aliphatic rings. The predicted octanol–water partition coefficient (Wildman–Crippen LogP) is 2.51. The molecule has 1 aliphatic carbocycles. The summed E-state index contributed by atoms with van der Waals surface area (Å²) in [5.41, 5.74) is 2.57. The van der Waals surface area contributed by atoms with Crippen LogP contribution in [0.5, 0.6) is 0 Å². The van der Waals surface area contributed by atoms with Crippen molar-refractivity contribution in [2.75, 3.05) is 0 Å². The van der Waals surface area contributed by atoms with E-state index in [1.165, 1.54) is 29.8 Å². The lowest BCUT2D eigenvalue weighted by Crippen LogP contribution is -2.29. The zero-order valence-electron chi connectivity index (χ0n) is 18.0. The summed E-state index contributed by atoms with van der Waals surface area (Å²) < 4.78 is 13.4. The van der Waals surface area contributed by atoms with Gasteiger partial charge in [0, 0.05) is 17.5 Å². The summed E-state index contributed by atoms with van der Waals surface area (Å²) in [4.78, 5) is 35.4. The number of halogens is 1. The standard InChI is InChI=1S/C22H19FN8O2S/c1-11-6-12(2-4-14(11)23)9-24-21(32)16-8-17(26-10-25-16)22(33)27-15-5-3-13-7-18(34-19(13)15)20-28-30-31-29-20/h2,4,6-8,10,15H,3,5,9H2,1H3,(H,24,32)(H,27,33)(H,28,29,30,31). The largest absolute Gasteiger partial charge is 0.347 e. The SMILES string of the molecule is Cc1cc(CNC(=O)c2cc(C(=O)NC3CCc4cc(-c5nn[nH]n5)sc43)ncn2)ccc1F. The Bertz CT molecular complexity index is 1370. The third-order valence-electron chi connectivity index (χ3n) is 5.54. The molecule has 1 atom stereocenters. The highest BCUT2D eigenvalue weighted by Gasteiger charge is 2.28. The fourth-order valence-electron chi connectivity index (χ4n) is 3.81. The average Bonchev–Trinajstić information content (AvgIpc) is 3.58. The molecule has 4 aromatic rings. The number of benzene rings is 1. The fourth-order valence-corrected chi connectivity index (χ4v) is 5.03. The Labute approximate surface area is 197 Å². The molecule has 3 N–H and O–H groups in total. The van der Waals surface area contributed by atoms with Gasteiger partial charge in [-0.3, -0.25) is 9.59 Å². The maximum atomic E-state index is 13.4. The number of rotatable bonds is 6. The van der Waals surface area contributed by atoms with E-state index in [4.69, 9.17) is 0 Å². The molecule has 3 heterocycles. The van der Waals surface area contributed by atoms with Gasteiger partial charge in [-0.1, -0.05) is 12.1 Å². The Balaban J connectivity index is 1.24. The minimum Gasteiger partial charge on any atom is -0.347 e. The van der Waals surface area contributed by atoms with Gasteiger partial charge in [0.25, 0.3) is 11.8 Å². The van der Waals surface area contributed by atoms with E-state index in [1.807, 2.05) is 6.07 Å². The summed E-state index contributed by atoms with van der Waals surface area (Å²) in [5, 5.41) is 19.8. The number of carbonyl (C=O) groups is 2. The van der Waals surface area contributed by atoms with Crippen LogP contribution in [0.15, 0.2) is 36.7 Å². The van der Waals surface area contributed by atoms with Gasteiger partial charge in [0.1, 0.15) is 23.5 Å². The molecule has 0 spiro atoms. The lowest BCUT2D eigenvalue weighted by Gasteiger charge is -2.12. The van der Waals surface area contributed by atoms with Crippen molar-refractivity contribution in [3.05, 3.63) is 75.4 Å². The minimum atomic E-state index is -0.454. The van der Waals surface area contributed by atoms with Crippen LogP contribution in [-0.4, -0.2) is 42.4 Å². The van der Waals surface area contributed by atoms with E-state index in [0.717, 1.165) is 33.7 Å². The molecule has 3 aromatic heterocycles. The van der Waals surface area contributed by atoms with E-state index in [-0.39, 0.29) is 29.8 Å². The van der Waals surface area contributed by atoms with Crippen molar-refractivity contribution < 1.29 is 14.0 Å². The van der Waals surface area contributed by atoms with Crippen LogP contribution in [0.25, 0.3) is 10.7 Å². The second-order valence-corrected chi connectivity index (χ2v) is 8.94. The number of carbonyl (C=O) groups excluding carboxylic acids is 2. The highest BCUT2D eigenvalue weighted by atomic mass is 32.1. The molecule has 5 rings (SSSR count). The molecule has 0 bridgehead atoms. The minimum absolute atomic E-state index is 0.0709. The summed E-state index contributed by atoms with van der Waals surface area (Å²) in [5.74, 6) is -0.626. The number of hydrogen-bond donors (Lipinski definition) is 3. The van der Waals surface area contributed by atoms with Crippen molar-refractivity contribution in [1.82, 2.24) is 41.2 Å². The molecule has 0 radical (unpaired) electrons. The summed E-state index contributed by atoms with van der Waals surface area (Å²) >= 11 is 1.52. The molecule has 0 saturated carbocycles. The van der Waals surface area contributed by atoms with E-state index in [0.29, 0.717) is 11.4 Å². The Morgan fingerprint density at radius 3 is 2.76 bits per heavy atom. The number of aromatic nitrogens is 6. The second kappa shape index (κ2) is 9.06. The van der Waals surface area contributed by atoms with Crippen LogP contribution < -0.4 is 10.6 Å². The lowest BCUT2D eigenvalue weighted by molar-refractivity contribution is 0.0932. The van der Waals surface area contributed by atoms with E-state index in [2.05, 4.69) is 41.2 Å². The normalized spacial score (nSPS) is 14.6. The molecule has 10 nitrogen and oxygen atoms in total.